The fourth-order valence-corrected chi connectivity index (χ4v) is 3.27. The normalized spacial score (nSPS) is 10.8. The van der Waals surface area contributed by atoms with Crippen LogP contribution in [0.5, 0.6) is 5.75 Å². The van der Waals surface area contributed by atoms with Crippen molar-refractivity contribution >= 4 is 23.2 Å². The van der Waals surface area contributed by atoms with E-state index in [1.165, 1.54) is 6.20 Å². The number of benzene rings is 2. The summed E-state index contributed by atoms with van der Waals surface area (Å²) in [5.74, 6) is -0.287. The fraction of sp³-hybridized carbons (Fsp3) is 0.125. The van der Waals surface area contributed by atoms with Crippen LogP contribution in [0.2, 0.25) is 5.02 Å². The molecule has 0 aliphatic rings. The zero-order valence-corrected chi connectivity index (χ0v) is 18.2. The lowest BCUT2D eigenvalue weighted by Gasteiger charge is -2.09. The van der Waals surface area contributed by atoms with Crippen molar-refractivity contribution in [1.29, 1.82) is 0 Å². The molecule has 0 saturated carbocycles. The molecule has 0 radical (unpaired) electrons. The lowest BCUT2D eigenvalue weighted by Crippen LogP contribution is -2.12. The van der Waals surface area contributed by atoms with E-state index in [1.54, 1.807) is 53.2 Å². The van der Waals surface area contributed by atoms with E-state index in [0.29, 0.717) is 27.6 Å². The SMILES string of the molecule is Cc1nn(-c2ccc(NC(=O)c3ccc(OCc4cccnc4F)cc3)cc2)c(C)c1Cl. The summed E-state index contributed by atoms with van der Waals surface area (Å²) >= 11 is 6.22. The van der Waals surface area contributed by atoms with E-state index in [-0.39, 0.29) is 12.5 Å². The summed E-state index contributed by atoms with van der Waals surface area (Å²) in [6.07, 6.45) is 1.38. The molecule has 0 fully saturated rings. The van der Waals surface area contributed by atoms with Gasteiger partial charge >= 0.3 is 0 Å². The third-order valence-electron chi connectivity index (χ3n) is 4.92. The molecule has 0 aliphatic heterocycles. The monoisotopic (exact) mass is 450 g/mol. The second-order valence-electron chi connectivity index (χ2n) is 7.16. The number of aryl methyl sites for hydroxylation is 1. The van der Waals surface area contributed by atoms with Crippen molar-refractivity contribution in [3.63, 3.8) is 0 Å². The molecule has 0 saturated heterocycles. The Kier molecular flexibility index (Phi) is 6.18. The van der Waals surface area contributed by atoms with Gasteiger partial charge in [-0.1, -0.05) is 11.6 Å². The first kappa shape index (κ1) is 21.5. The second kappa shape index (κ2) is 9.20. The average molecular weight is 451 g/mol. The van der Waals surface area contributed by atoms with E-state index >= 15 is 0 Å². The minimum absolute atomic E-state index is 0.0536. The van der Waals surface area contributed by atoms with E-state index in [2.05, 4.69) is 15.4 Å². The van der Waals surface area contributed by atoms with E-state index in [0.717, 1.165) is 17.1 Å². The number of nitrogens with one attached hydrogen (secondary N) is 1. The van der Waals surface area contributed by atoms with E-state index in [4.69, 9.17) is 16.3 Å². The maximum absolute atomic E-state index is 13.6. The highest BCUT2D eigenvalue weighted by Gasteiger charge is 2.11. The molecule has 32 heavy (non-hydrogen) atoms. The number of anilines is 1. The third kappa shape index (κ3) is 4.63. The maximum atomic E-state index is 13.6. The van der Waals surface area contributed by atoms with Gasteiger partial charge in [-0.05, 0) is 74.5 Å². The molecule has 1 amide bonds. The van der Waals surface area contributed by atoms with Gasteiger partial charge in [0.1, 0.15) is 12.4 Å². The number of rotatable bonds is 6. The summed E-state index contributed by atoms with van der Waals surface area (Å²) in [4.78, 5) is 16.2. The molecule has 2 aromatic heterocycles. The van der Waals surface area contributed by atoms with E-state index < -0.39 is 5.95 Å². The largest absolute Gasteiger partial charge is 0.489 e. The Morgan fingerprint density at radius 2 is 1.81 bits per heavy atom. The molecule has 6 nitrogen and oxygen atoms in total. The highest BCUT2D eigenvalue weighted by molar-refractivity contribution is 6.31. The number of hydrogen-bond donors (Lipinski definition) is 1. The van der Waals surface area contributed by atoms with Gasteiger partial charge in [0.25, 0.3) is 5.91 Å². The van der Waals surface area contributed by atoms with Crippen molar-refractivity contribution < 1.29 is 13.9 Å². The van der Waals surface area contributed by atoms with Gasteiger partial charge < -0.3 is 10.1 Å². The number of ether oxygens (including phenoxy) is 1. The third-order valence-corrected chi connectivity index (χ3v) is 5.47. The Morgan fingerprint density at radius 3 is 2.44 bits per heavy atom. The highest BCUT2D eigenvalue weighted by Crippen LogP contribution is 2.23. The lowest BCUT2D eigenvalue weighted by molar-refractivity contribution is 0.102. The van der Waals surface area contributed by atoms with Crippen LogP contribution in [0.1, 0.15) is 27.3 Å². The molecule has 0 unspecified atom stereocenters. The van der Waals surface area contributed by atoms with Crippen molar-refractivity contribution in [1.82, 2.24) is 14.8 Å². The Bertz CT molecular complexity index is 1250. The van der Waals surface area contributed by atoms with Gasteiger partial charge in [0.05, 0.1) is 22.1 Å². The number of hydrogen-bond acceptors (Lipinski definition) is 4. The minimum Gasteiger partial charge on any atom is -0.489 e. The Labute approximate surface area is 189 Å². The van der Waals surface area contributed by atoms with Crippen molar-refractivity contribution in [2.24, 2.45) is 0 Å². The summed E-state index contributed by atoms with van der Waals surface area (Å²) in [5.41, 5.74) is 3.95. The van der Waals surface area contributed by atoms with E-state index in [9.17, 15) is 9.18 Å². The van der Waals surface area contributed by atoms with Crippen LogP contribution in [0.15, 0.2) is 66.9 Å². The summed E-state index contributed by atoms with van der Waals surface area (Å²) in [5, 5.41) is 7.93. The number of carbonyl (C=O) groups is 1. The topological polar surface area (TPSA) is 69.0 Å². The first-order valence-electron chi connectivity index (χ1n) is 9.88. The number of halogens is 2. The molecule has 0 spiro atoms. The molecule has 162 valence electrons. The zero-order valence-electron chi connectivity index (χ0n) is 17.5. The summed E-state index contributed by atoms with van der Waals surface area (Å²) in [6, 6.07) is 17.2. The quantitative estimate of drug-likeness (QED) is 0.393. The van der Waals surface area contributed by atoms with Crippen molar-refractivity contribution in [3.05, 3.63) is 100 Å². The molecule has 1 N–H and O–H groups in total. The Hall–Kier alpha value is -3.71. The van der Waals surface area contributed by atoms with Gasteiger partial charge in [-0.25, -0.2) is 9.67 Å². The number of aromatic nitrogens is 3. The van der Waals surface area contributed by atoms with E-state index in [1.807, 2.05) is 26.0 Å². The molecular formula is C24H20ClFN4O2. The number of nitrogens with zero attached hydrogens (tertiary/aromatic N) is 3. The molecule has 2 heterocycles. The van der Waals surface area contributed by atoms with Crippen LogP contribution < -0.4 is 10.1 Å². The predicted octanol–water partition coefficient (Wildman–Crippen LogP) is 5.51. The molecule has 0 bridgehead atoms. The van der Waals surface area contributed by atoms with Crippen LogP contribution >= 0.6 is 11.6 Å². The lowest BCUT2D eigenvalue weighted by atomic mass is 10.2. The smallest absolute Gasteiger partial charge is 0.255 e. The highest BCUT2D eigenvalue weighted by atomic mass is 35.5. The van der Waals surface area contributed by atoms with Gasteiger partial charge in [0.2, 0.25) is 5.95 Å². The van der Waals surface area contributed by atoms with Crippen molar-refractivity contribution in [2.45, 2.75) is 20.5 Å². The molecule has 4 rings (SSSR count). The summed E-state index contributed by atoms with van der Waals surface area (Å²) < 4.78 is 20.9. The maximum Gasteiger partial charge on any atom is 0.255 e. The molecule has 0 atom stereocenters. The first-order chi connectivity index (χ1) is 15.4. The van der Waals surface area contributed by atoms with Gasteiger partial charge in [-0.3, -0.25) is 4.79 Å². The summed E-state index contributed by atoms with van der Waals surface area (Å²) in [7, 11) is 0. The molecular weight excluding hydrogens is 431 g/mol. The Balaban J connectivity index is 1.38. The first-order valence-corrected chi connectivity index (χ1v) is 10.3. The number of amides is 1. The molecule has 2 aromatic carbocycles. The molecule has 0 aliphatic carbocycles. The Morgan fingerprint density at radius 1 is 1.09 bits per heavy atom. The van der Waals surface area contributed by atoms with Gasteiger partial charge in [-0.2, -0.15) is 9.49 Å². The van der Waals surface area contributed by atoms with Crippen LogP contribution in [0.4, 0.5) is 10.1 Å². The fourth-order valence-electron chi connectivity index (χ4n) is 3.15. The summed E-state index contributed by atoms with van der Waals surface area (Å²) in [6.45, 7) is 3.81. The van der Waals surface area contributed by atoms with Crippen LogP contribution in [0.25, 0.3) is 5.69 Å². The van der Waals surface area contributed by atoms with Crippen molar-refractivity contribution in [2.75, 3.05) is 5.32 Å². The number of pyridine rings is 1. The van der Waals surface area contributed by atoms with Crippen LogP contribution in [-0.2, 0) is 6.61 Å². The average Bonchev–Trinajstić information content (AvgIpc) is 3.06. The van der Waals surface area contributed by atoms with Gasteiger partial charge in [0.15, 0.2) is 0 Å². The number of carbonyl (C=O) groups excluding carboxylic acids is 1. The van der Waals surface area contributed by atoms with Gasteiger partial charge in [-0.15, -0.1) is 0 Å². The van der Waals surface area contributed by atoms with Crippen molar-refractivity contribution in [3.8, 4) is 11.4 Å². The molecule has 4 aromatic rings. The minimum atomic E-state index is -0.560. The second-order valence-corrected chi connectivity index (χ2v) is 7.54. The molecule has 8 heteroatoms. The van der Waals surface area contributed by atoms with Crippen LogP contribution in [0, 0.1) is 19.8 Å². The van der Waals surface area contributed by atoms with Crippen LogP contribution in [0.3, 0.4) is 0 Å². The standard InChI is InChI=1S/C24H20ClFN4O2/c1-15-22(25)16(2)30(29-15)20-9-7-19(8-10-20)28-24(31)17-5-11-21(12-6-17)32-14-18-4-3-13-27-23(18)26/h3-13H,14H2,1-2H3,(H,28,31). The van der Waals surface area contributed by atoms with Gasteiger partial charge in [0, 0.05) is 23.0 Å². The zero-order chi connectivity index (χ0) is 22.7. The van der Waals surface area contributed by atoms with Crippen LogP contribution in [-0.4, -0.2) is 20.7 Å². The predicted molar refractivity (Wildman–Crippen MR) is 121 cm³/mol.